The zero-order valence-electron chi connectivity index (χ0n) is 7.31. The predicted octanol–water partition coefficient (Wildman–Crippen LogP) is 0.168. The van der Waals surface area contributed by atoms with Crippen molar-refractivity contribution in [3.8, 4) is 0 Å². The van der Waals surface area contributed by atoms with E-state index in [1.165, 1.54) is 0 Å². The largest absolute Gasteiger partial charge is 0.388 e. The van der Waals surface area contributed by atoms with Crippen molar-refractivity contribution in [2.75, 3.05) is 0 Å². The fourth-order valence-corrected chi connectivity index (χ4v) is 3.02. The molecule has 4 bridgehead atoms. The average molecular weight is 170 g/mol. The summed E-state index contributed by atoms with van der Waals surface area (Å²) in [5.74, 6) is 0.809. The zero-order chi connectivity index (χ0) is 8.46. The maximum Gasteiger partial charge on any atom is 0.113 e. The molecule has 1 N–H and O–H groups in total. The van der Waals surface area contributed by atoms with Gasteiger partial charge in [-0.05, 0) is 0 Å². The Morgan fingerprint density at radius 1 is 0.833 bits per heavy atom. The van der Waals surface area contributed by atoms with Crippen molar-refractivity contribution in [3.05, 3.63) is 0 Å². The van der Waals surface area contributed by atoms with Gasteiger partial charge < -0.3 is 14.6 Å². The monoisotopic (exact) mass is 170 g/mol. The van der Waals surface area contributed by atoms with E-state index >= 15 is 0 Å². The van der Waals surface area contributed by atoms with Crippen LogP contribution in [0.1, 0.15) is 13.8 Å². The molecule has 0 radical (unpaired) electrons. The molecule has 4 aliphatic rings. The third kappa shape index (κ3) is 0.605. The van der Waals surface area contributed by atoms with Gasteiger partial charge in [0.2, 0.25) is 0 Å². The predicted molar refractivity (Wildman–Crippen MR) is 41.7 cm³/mol. The quantitative estimate of drug-likeness (QED) is 0.563. The lowest BCUT2D eigenvalue weighted by Crippen LogP contribution is -2.47. The van der Waals surface area contributed by atoms with E-state index in [1.54, 1.807) is 0 Å². The van der Waals surface area contributed by atoms with E-state index in [9.17, 15) is 5.11 Å². The summed E-state index contributed by atoms with van der Waals surface area (Å²) in [4.78, 5) is 0. The van der Waals surface area contributed by atoms with E-state index in [-0.39, 0.29) is 24.4 Å². The van der Waals surface area contributed by atoms with E-state index in [4.69, 9.17) is 9.47 Å². The van der Waals surface area contributed by atoms with Crippen LogP contribution in [0.2, 0.25) is 0 Å². The van der Waals surface area contributed by atoms with Gasteiger partial charge in [-0.25, -0.2) is 0 Å². The molecule has 0 aromatic rings. The van der Waals surface area contributed by atoms with Crippen LogP contribution in [-0.2, 0) is 9.47 Å². The molecule has 0 saturated carbocycles. The van der Waals surface area contributed by atoms with Crippen molar-refractivity contribution < 1.29 is 14.6 Å². The number of hydrogen-bond donors (Lipinski definition) is 1. The van der Waals surface area contributed by atoms with E-state index in [2.05, 4.69) is 13.8 Å². The molecular formula is C9H14O3. The van der Waals surface area contributed by atoms with E-state index in [0.29, 0.717) is 17.9 Å². The number of ether oxygens (including phenoxy) is 2. The Bertz CT molecular complexity index is 188. The molecule has 4 heterocycles. The minimum atomic E-state index is -0.383. The molecule has 7 atom stereocenters. The van der Waals surface area contributed by atoms with Crippen LogP contribution in [0.25, 0.3) is 0 Å². The number of aliphatic hydroxyl groups excluding tert-OH is 1. The smallest absolute Gasteiger partial charge is 0.113 e. The van der Waals surface area contributed by atoms with Crippen molar-refractivity contribution in [1.82, 2.24) is 0 Å². The van der Waals surface area contributed by atoms with Gasteiger partial charge >= 0.3 is 0 Å². The van der Waals surface area contributed by atoms with Crippen LogP contribution in [0.15, 0.2) is 0 Å². The maximum atomic E-state index is 9.74. The Labute approximate surface area is 71.7 Å². The van der Waals surface area contributed by atoms with Crippen molar-refractivity contribution in [2.24, 2.45) is 11.8 Å². The van der Waals surface area contributed by atoms with Crippen LogP contribution in [0.5, 0.6) is 0 Å². The van der Waals surface area contributed by atoms with Gasteiger partial charge in [-0.2, -0.15) is 0 Å². The molecule has 68 valence electrons. The maximum absolute atomic E-state index is 9.74. The van der Waals surface area contributed by atoms with Crippen LogP contribution in [0, 0.1) is 11.8 Å². The highest BCUT2D eigenvalue weighted by molar-refractivity contribution is 5.09. The molecular weight excluding hydrogens is 156 g/mol. The summed E-state index contributed by atoms with van der Waals surface area (Å²) in [5, 5.41) is 9.74. The lowest BCUT2D eigenvalue weighted by Gasteiger charge is -2.37. The molecule has 3 nitrogen and oxygen atoms in total. The molecule has 2 unspecified atom stereocenters. The van der Waals surface area contributed by atoms with Gasteiger partial charge in [0.15, 0.2) is 0 Å². The summed E-state index contributed by atoms with van der Waals surface area (Å²) >= 11 is 0. The molecule has 3 heteroatoms. The second-order valence-electron chi connectivity index (χ2n) is 4.34. The molecule has 0 aliphatic carbocycles. The van der Waals surface area contributed by atoms with Gasteiger partial charge in [-0.1, -0.05) is 13.8 Å². The molecule has 4 fully saturated rings. The highest BCUT2D eigenvalue weighted by atomic mass is 16.6. The highest BCUT2D eigenvalue weighted by Gasteiger charge is 2.63. The SMILES string of the molecule is C[C@@H]1C2O[C@@H]3C(O)[C@H]1O[C@@H]3[C@H]2C. The molecule has 4 rings (SSSR count). The summed E-state index contributed by atoms with van der Waals surface area (Å²) in [7, 11) is 0. The molecule has 0 aromatic carbocycles. The van der Waals surface area contributed by atoms with Crippen LogP contribution in [0.3, 0.4) is 0 Å². The fourth-order valence-electron chi connectivity index (χ4n) is 3.02. The standard InChI is InChI=1S/C9H14O3/c1-3-6-4(2)8-9(11-6)5(10)7(3)12-8/h3-10H,1-2H3/t3-,4+,5?,6?,7+,8-,9-/m1/s1. The van der Waals surface area contributed by atoms with E-state index in [0.717, 1.165) is 0 Å². The minimum Gasteiger partial charge on any atom is -0.388 e. The molecule has 12 heavy (non-hydrogen) atoms. The van der Waals surface area contributed by atoms with Crippen LogP contribution in [0.4, 0.5) is 0 Å². The van der Waals surface area contributed by atoms with Crippen molar-refractivity contribution in [1.29, 1.82) is 0 Å². The van der Waals surface area contributed by atoms with Gasteiger partial charge in [0.1, 0.15) is 12.2 Å². The lowest BCUT2D eigenvalue weighted by atomic mass is 9.87. The van der Waals surface area contributed by atoms with Crippen LogP contribution >= 0.6 is 0 Å². The Morgan fingerprint density at radius 2 is 1.42 bits per heavy atom. The molecule has 4 aliphatic heterocycles. The van der Waals surface area contributed by atoms with Crippen molar-refractivity contribution >= 4 is 0 Å². The molecule has 0 aromatic heterocycles. The fraction of sp³-hybridized carbons (Fsp3) is 1.00. The Kier molecular flexibility index (Phi) is 1.23. The van der Waals surface area contributed by atoms with E-state index in [1.807, 2.05) is 0 Å². The summed E-state index contributed by atoms with van der Waals surface area (Å²) in [6.45, 7) is 4.26. The zero-order valence-corrected chi connectivity index (χ0v) is 7.31. The van der Waals surface area contributed by atoms with Crippen molar-refractivity contribution in [2.45, 2.75) is 44.4 Å². The number of hydrogen-bond acceptors (Lipinski definition) is 3. The van der Waals surface area contributed by atoms with Crippen LogP contribution in [-0.4, -0.2) is 35.6 Å². The molecule has 4 saturated heterocycles. The molecule has 0 spiro atoms. The Morgan fingerprint density at radius 3 is 2.08 bits per heavy atom. The normalized spacial score (nSPS) is 67.8. The average Bonchev–Trinajstić information content (AvgIpc) is 2.43. The van der Waals surface area contributed by atoms with Gasteiger partial charge in [-0.15, -0.1) is 0 Å². The lowest BCUT2D eigenvalue weighted by molar-refractivity contribution is -0.149. The summed E-state index contributed by atoms with van der Waals surface area (Å²) in [6.07, 6.45) is 0.0979. The topological polar surface area (TPSA) is 38.7 Å². The number of rotatable bonds is 0. The number of aliphatic hydroxyl groups is 1. The summed E-state index contributed by atoms with van der Waals surface area (Å²) < 4.78 is 11.4. The van der Waals surface area contributed by atoms with Gasteiger partial charge in [0.05, 0.1) is 18.3 Å². The Hall–Kier alpha value is -0.120. The Balaban J connectivity index is 2.01. The molecule has 0 amide bonds. The van der Waals surface area contributed by atoms with Crippen LogP contribution < -0.4 is 0 Å². The van der Waals surface area contributed by atoms with Crippen molar-refractivity contribution in [3.63, 3.8) is 0 Å². The summed E-state index contributed by atoms with van der Waals surface area (Å²) in [6, 6.07) is 0. The second-order valence-corrected chi connectivity index (χ2v) is 4.34. The van der Waals surface area contributed by atoms with Gasteiger partial charge in [-0.3, -0.25) is 0 Å². The van der Waals surface area contributed by atoms with Gasteiger partial charge in [0, 0.05) is 11.8 Å². The summed E-state index contributed by atoms with van der Waals surface area (Å²) in [5.41, 5.74) is 0. The van der Waals surface area contributed by atoms with Gasteiger partial charge in [0.25, 0.3) is 0 Å². The third-order valence-electron chi connectivity index (χ3n) is 3.70. The third-order valence-corrected chi connectivity index (χ3v) is 3.70. The first-order valence-electron chi connectivity index (χ1n) is 4.69. The highest BCUT2D eigenvalue weighted by Crippen LogP contribution is 2.49. The second kappa shape index (κ2) is 2.03. The first-order chi connectivity index (χ1) is 5.70. The first-order valence-corrected chi connectivity index (χ1v) is 4.69. The first kappa shape index (κ1) is 7.30. The minimum absolute atomic E-state index is 0.0359. The van der Waals surface area contributed by atoms with E-state index < -0.39 is 0 Å².